The Hall–Kier alpha value is -1.30. The molecule has 0 aromatic carbocycles. The average molecular weight is 298 g/mol. The number of hydrogen-bond donors (Lipinski definition) is 1. The van der Waals surface area contributed by atoms with Crippen molar-refractivity contribution in [3.63, 3.8) is 0 Å². The van der Waals surface area contributed by atoms with E-state index in [0.29, 0.717) is 13.2 Å². The van der Waals surface area contributed by atoms with Gasteiger partial charge >= 0.3 is 6.09 Å². The first kappa shape index (κ1) is 16.1. The van der Waals surface area contributed by atoms with Gasteiger partial charge in [0, 0.05) is 0 Å². The number of β-lactam (4-membered cyclic amide) rings is 1. The lowest BCUT2D eigenvalue weighted by Gasteiger charge is -2.35. The average Bonchev–Trinajstić information content (AvgIpc) is 2.51. The van der Waals surface area contributed by atoms with Crippen molar-refractivity contribution in [1.29, 1.82) is 0 Å². The van der Waals surface area contributed by atoms with Crippen molar-refractivity contribution in [1.82, 2.24) is 10.4 Å². The van der Waals surface area contributed by atoms with Crippen LogP contribution in [0.2, 0.25) is 0 Å². The highest BCUT2D eigenvalue weighted by atomic mass is 16.7. The molecule has 1 saturated carbocycles. The molecule has 21 heavy (non-hydrogen) atoms. The van der Waals surface area contributed by atoms with E-state index >= 15 is 0 Å². The fourth-order valence-corrected chi connectivity index (χ4v) is 3.03. The van der Waals surface area contributed by atoms with Gasteiger partial charge in [-0.05, 0) is 18.8 Å². The van der Waals surface area contributed by atoms with Crippen LogP contribution in [0, 0.1) is 5.92 Å². The number of nitrogens with zero attached hydrogens (tertiary/aromatic N) is 1. The van der Waals surface area contributed by atoms with E-state index in [2.05, 4.69) is 5.32 Å². The minimum atomic E-state index is -0.512. The molecule has 6 nitrogen and oxygen atoms in total. The largest absolute Gasteiger partial charge is 0.450 e. The first-order valence-corrected chi connectivity index (χ1v) is 7.99. The van der Waals surface area contributed by atoms with E-state index in [1.807, 2.05) is 0 Å². The third kappa shape index (κ3) is 4.88. The molecule has 2 amide bonds. The Bertz CT molecular complexity index is 356. The molecule has 0 aromatic heterocycles. The summed E-state index contributed by atoms with van der Waals surface area (Å²) in [5, 5.41) is 3.74. The summed E-state index contributed by atoms with van der Waals surface area (Å²) in [6.45, 7) is 0.805. The lowest BCUT2D eigenvalue weighted by atomic mass is 9.86. The van der Waals surface area contributed by atoms with E-state index in [4.69, 9.17) is 9.57 Å². The summed E-state index contributed by atoms with van der Waals surface area (Å²) in [5.41, 5.74) is 0. The van der Waals surface area contributed by atoms with Crippen molar-refractivity contribution in [2.45, 2.75) is 57.4 Å². The summed E-state index contributed by atoms with van der Waals surface area (Å²) in [5.74, 6) is 0.645. The zero-order chi connectivity index (χ0) is 15.1. The van der Waals surface area contributed by atoms with Gasteiger partial charge in [-0.25, -0.2) is 9.86 Å². The van der Waals surface area contributed by atoms with Crippen molar-refractivity contribution >= 4 is 12.0 Å². The molecule has 0 bridgehead atoms. The van der Waals surface area contributed by atoms with E-state index in [0.717, 1.165) is 18.8 Å². The van der Waals surface area contributed by atoms with Crippen molar-refractivity contribution < 1.29 is 19.2 Å². The molecule has 1 heterocycles. The van der Waals surface area contributed by atoms with Crippen LogP contribution >= 0.6 is 0 Å². The van der Waals surface area contributed by atoms with E-state index in [1.165, 1.54) is 50.7 Å². The van der Waals surface area contributed by atoms with Crippen LogP contribution in [-0.4, -0.2) is 43.4 Å². The first-order valence-electron chi connectivity index (χ1n) is 7.99. The van der Waals surface area contributed by atoms with Gasteiger partial charge in [0.05, 0.1) is 20.3 Å². The molecule has 2 aliphatic rings. The minimum Gasteiger partial charge on any atom is -0.450 e. The molecular formula is C15H26N2O4. The number of hydroxylamine groups is 2. The van der Waals surface area contributed by atoms with E-state index in [1.54, 1.807) is 0 Å². The molecule has 1 saturated heterocycles. The van der Waals surface area contributed by atoms with Crippen LogP contribution in [0.3, 0.4) is 0 Å². The molecule has 1 aliphatic heterocycles. The van der Waals surface area contributed by atoms with Crippen molar-refractivity contribution in [3.05, 3.63) is 0 Å². The van der Waals surface area contributed by atoms with Gasteiger partial charge in [0.1, 0.15) is 6.04 Å². The summed E-state index contributed by atoms with van der Waals surface area (Å²) in [6.07, 6.45) is 9.60. The third-order valence-corrected chi connectivity index (χ3v) is 4.37. The molecule has 6 heteroatoms. The molecular weight excluding hydrogens is 272 g/mol. The molecule has 0 spiro atoms. The molecule has 2 rings (SSSR count). The third-order valence-electron chi connectivity index (χ3n) is 4.37. The van der Waals surface area contributed by atoms with Gasteiger partial charge in [0.25, 0.3) is 5.91 Å². The Kier molecular flexibility index (Phi) is 6.29. The number of ether oxygens (including phenoxy) is 1. The number of unbranched alkanes of at least 4 members (excludes halogenated alkanes) is 1. The number of rotatable bonds is 7. The monoisotopic (exact) mass is 298 g/mol. The second-order valence-corrected chi connectivity index (χ2v) is 5.91. The highest BCUT2D eigenvalue weighted by Crippen LogP contribution is 2.27. The topological polar surface area (TPSA) is 67.9 Å². The molecule has 1 N–H and O–H groups in total. The maximum atomic E-state index is 11.5. The van der Waals surface area contributed by atoms with Crippen LogP contribution < -0.4 is 5.32 Å². The maximum absolute atomic E-state index is 11.5. The minimum absolute atomic E-state index is 0.230. The summed E-state index contributed by atoms with van der Waals surface area (Å²) in [4.78, 5) is 27.7. The molecule has 0 aromatic rings. The Labute approximate surface area is 126 Å². The van der Waals surface area contributed by atoms with Crippen molar-refractivity contribution in [2.75, 3.05) is 20.3 Å². The van der Waals surface area contributed by atoms with Crippen LogP contribution in [0.5, 0.6) is 0 Å². The first-order chi connectivity index (χ1) is 10.2. The zero-order valence-electron chi connectivity index (χ0n) is 12.8. The Morgan fingerprint density at radius 3 is 2.71 bits per heavy atom. The Morgan fingerprint density at radius 2 is 2.05 bits per heavy atom. The number of carbonyl (C=O) groups is 2. The molecule has 1 atom stereocenters. The summed E-state index contributed by atoms with van der Waals surface area (Å²) >= 11 is 0. The standard InChI is InChI=1S/C15H26N2O4/c1-20-17-11-13(14(17)18)16-15(19)21-10-6-5-9-12-7-3-2-4-8-12/h12-13H,2-11H2,1H3,(H,16,19)/t13-/m1/s1. The van der Waals surface area contributed by atoms with Gasteiger partial charge < -0.3 is 10.1 Å². The van der Waals surface area contributed by atoms with E-state index in [9.17, 15) is 9.59 Å². The number of alkyl carbamates (subject to hydrolysis) is 1. The predicted molar refractivity (Wildman–Crippen MR) is 77.4 cm³/mol. The second kappa shape index (κ2) is 8.22. The summed E-state index contributed by atoms with van der Waals surface area (Å²) in [7, 11) is 1.43. The van der Waals surface area contributed by atoms with Crippen LogP contribution in [0.25, 0.3) is 0 Å². The summed E-state index contributed by atoms with van der Waals surface area (Å²) < 4.78 is 5.09. The number of hydrogen-bond acceptors (Lipinski definition) is 4. The molecule has 120 valence electrons. The normalized spacial score (nSPS) is 22.8. The second-order valence-electron chi connectivity index (χ2n) is 5.91. The number of nitrogens with one attached hydrogen (secondary N) is 1. The van der Waals surface area contributed by atoms with Crippen molar-refractivity contribution in [2.24, 2.45) is 5.92 Å². The SMILES string of the molecule is CON1C[C@@H](NC(=O)OCCCCC2CCCCC2)C1=O. The highest BCUT2D eigenvalue weighted by molar-refractivity contribution is 5.90. The van der Waals surface area contributed by atoms with Gasteiger partial charge in [-0.2, -0.15) is 0 Å². The number of carbonyl (C=O) groups excluding carboxylic acids is 2. The fraction of sp³-hybridized carbons (Fsp3) is 0.867. The van der Waals surface area contributed by atoms with Gasteiger partial charge in [-0.1, -0.05) is 38.5 Å². The van der Waals surface area contributed by atoms with Crippen molar-refractivity contribution in [3.8, 4) is 0 Å². The molecule has 0 radical (unpaired) electrons. The maximum Gasteiger partial charge on any atom is 0.407 e. The van der Waals surface area contributed by atoms with E-state index in [-0.39, 0.29) is 5.91 Å². The highest BCUT2D eigenvalue weighted by Gasteiger charge is 2.38. The Morgan fingerprint density at radius 1 is 1.29 bits per heavy atom. The summed E-state index contributed by atoms with van der Waals surface area (Å²) in [6, 6.07) is -0.500. The predicted octanol–water partition coefficient (Wildman–Crippen LogP) is 2.24. The molecule has 1 aliphatic carbocycles. The van der Waals surface area contributed by atoms with Gasteiger partial charge in [-0.3, -0.25) is 9.63 Å². The van der Waals surface area contributed by atoms with Gasteiger partial charge in [-0.15, -0.1) is 0 Å². The zero-order valence-corrected chi connectivity index (χ0v) is 12.8. The van der Waals surface area contributed by atoms with Crippen LogP contribution in [0.1, 0.15) is 51.4 Å². The van der Waals surface area contributed by atoms with Crippen LogP contribution in [0.15, 0.2) is 0 Å². The van der Waals surface area contributed by atoms with Gasteiger partial charge in [0.2, 0.25) is 0 Å². The quantitative estimate of drug-likeness (QED) is 0.578. The number of amides is 2. The van der Waals surface area contributed by atoms with E-state index < -0.39 is 12.1 Å². The smallest absolute Gasteiger partial charge is 0.407 e. The molecule has 2 fully saturated rings. The fourth-order valence-electron chi connectivity index (χ4n) is 3.03. The lowest BCUT2D eigenvalue weighted by Crippen LogP contribution is -2.63. The van der Waals surface area contributed by atoms with Crippen LogP contribution in [-0.2, 0) is 14.4 Å². The van der Waals surface area contributed by atoms with Gasteiger partial charge in [0.15, 0.2) is 0 Å². The molecule has 0 unspecified atom stereocenters. The Balaban J connectivity index is 1.47. The van der Waals surface area contributed by atoms with Crippen LogP contribution in [0.4, 0.5) is 4.79 Å². The lowest BCUT2D eigenvalue weighted by molar-refractivity contribution is -0.202.